The number of benzene rings is 1. The van der Waals surface area contributed by atoms with Crippen LogP contribution in [0, 0.1) is 6.92 Å². The normalized spacial score (nSPS) is 16.7. The van der Waals surface area contributed by atoms with Gasteiger partial charge in [-0.3, -0.25) is 0 Å². The quantitative estimate of drug-likeness (QED) is 0.868. The molecule has 1 saturated carbocycles. The van der Waals surface area contributed by atoms with E-state index in [0.29, 0.717) is 0 Å². The highest BCUT2D eigenvalue weighted by Crippen LogP contribution is 2.20. The third kappa shape index (κ3) is 2.30. The number of para-hydroxylation sites is 1. The van der Waals surface area contributed by atoms with E-state index in [-0.39, 0.29) is 0 Å². The topological polar surface area (TPSA) is 17.0 Å². The van der Waals surface area contributed by atoms with Crippen LogP contribution >= 0.6 is 0 Å². The van der Waals surface area contributed by atoms with Crippen LogP contribution in [0.4, 0.5) is 0 Å². The lowest BCUT2D eigenvalue weighted by Gasteiger charge is -2.13. The second-order valence-electron chi connectivity index (χ2n) is 5.43. The lowest BCUT2D eigenvalue weighted by molar-refractivity contribution is 0.498. The largest absolute Gasteiger partial charge is 0.344 e. The minimum Gasteiger partial charge on any atom is -0.344 e. The second kappa shape index (κ2) is 5.15. The van der Waals surface area contributed by atoms with Crippen LogP contribution in [-0.4, -0.2) is 17.2 Å². The van der Waals surface area contributed by atoms with Gasteiger partial charge in [-0.2, -0.15) is 0 Å². The van der Waals surface area contributed by atoms with Crippen molar-refractivity contribution in [2.75, 3.05) is 6.54 Å². The zero-order chi connectivity index (χ0) is 12.4. The molecule has 2 aromatic rings. The fourth-order valence-corrected chi connectivity index (χ4v) is 3.16. The van der Waals surface area contributed by atoms with Crippen LogP contribution < -0.4 is 5.32 Å². The Labute approximate surface area is 109 Å². The Balaban J connectivity index is 1.68. The maximum atomic E-state index is 3.69. The number of nitrogens with one attached hydrogen (secondary N) is 1. The molecule has 18 heavy (non-hydrogen) atoms. The number of nitrogens with zero attached hydrogens (tertiary/aromatic N) is 1. The zero-order valence-electron chi connectivity index (χ0n) is 11.2. The van der Waals surface area contributed by atoms with E-state index < -0.39 is 0 Å². The summed E-state index contributed by atoms with van der Waals surface area (Å²) in [6.45, 7) is 4.37. The summed E-state index contributed by atoms with van der Waals surface area (Å²) < 4.78 is 2.43. The van der Waals surface area contributed by atoms with Crippen molar-refractivity contribution in [1.82, 2.24) is 9.88 Å². The van der Waals surface area contributed by atoms with Crippen LogP contribution in [0.5, 0.6) is 0 Å². The van der Waals surface area contributed by atoms with E-state index in [1.165, 1.54) is 42.3 Å². The van der Waals surface area contributed by atoms with Crippen molar-refractivity contribution in [3.63, 3.8) is 0 Å². The average Bonchev–Trinajstić information content (AvgIpc) is 2.98. The Hall–Kier alpha value is -1.28. The molecule has 1 aliphatic rings. The maximum Gasteiger partial charge on any atom is 0.0482 e. The molecule has 1 N–H and O–H groups in total. The van der Waals surface area contributed by atoms with Crippen molar-refractivity contribution in [3.8, 4) is 0 Å². The van der Waals surface area contributed by atoms with Gasteiger partial charge in [0.15, 0.2) is 0 Å². The lowest BCUT2D eigenvalue weighted by atomic mass is 10.2. The first-order chi connectivity index (χ1) is 8.84. The molecule has 1 aliphatic carbocycles. The molecule has 1 aromatic carbocycles. The van der Waals surface area contributed by atoms with Gasteiger partial charge in [-0.05, 0) is 37.3 Å². The maximum absolute atomic E-state index is 3.69. The molecule has 0 atom stereocenters. The SMILES string of the molecule is Cc1cc2ccccc2n1CCNC1CCCC1. The van der Waals surface area contributed by atoms with Crippen molar-refractivity contribution in [3.05, 3.63) is 36.0 Å². The first-order valence-corrected chi connectivity index (χ1v) is 7.13. The molecule has 2 heteroatoms. The summed E-state index contributed by atoms with van der Waals surface area (Å²) in [4.78, 5) is 0. The number of rotatable bonds is 4. The van der Waals surface area contributed by atoms with Crippen LogP contribution in [0.3, 0.4) is 0 Å². The lowest BCUT2D eigenvalue weighted by Crippen LogP contribution is -2.29. The van der Waals surface area contributed by atoms with Crippen LogP contribution in [-0.2, 0) is 6.54 Å². The number of hydrogen-bond acceptors (Lipinski definition) is 1. The van der Waals surface area contributed by atoms with E-state index in [1.807, 2.05) is 0 Å². The van der Waals surface area contributed by atoms with Gasteiger partial charge >= 0.3 is 0 Å². The van der Waals surface area contributed by atoms with Gasteiger partial charge < -0.3 is 9.88 Å². The van der Waals surface area contributed by atoms with E-state index in [1.54, 1.807) is 0 Å². The van der Waals surface area contributed by atoms with Gasteiger partial charge in [-0.25, -0.2) is 0 Å². The molecule has 1 heterocycles. The molecule has 0 unspecified atom stereocenters. The van der Waals surface area contributed by atoms with Gasteiger partial charge in [0.2, 0.25) is 0 Å². The van der Waals surface area contributed by atoms with E-state index in [4.69, 9.17) is 0 Å². The van der Waals surface area contributed by atoms with Gasteiger partial charge in [0.1, 0.15) is 0 Å². The monoisotopic (exact) mass is 242 g/mol. The molecule has 0 aliphatic heterocycles. The summed E-state index contributed by atoms with van der Waals surface area (Å²) in [5.74, 6) is 0. The molecule has 1 aromatic heterocycles. The summed E-state index contributed by atoms with van der Waals surface area (Å²) in [5, 5.41) is 5.05. The van der Waals surface area contributed by atoms with E-state index in [0.717, 1.165) is 19.1 Å². The van der Waals surface area contributed by atoms with Crippen LogP contribution in [0.1, 0.15) is 31.4 Å². The zero-order valence-corrected chi connectivity index (χ0v) is 11.2. The Morgan fingerprint density at radius 1 is 1.22 bits per heavy atom. The number of aromatic nitrogens is 1. The highest BCUT2D eigenvalue weighted by Gasteiger charge is 2.13. The average molecular weight is 242 g/mol. The summed E-state index contributed by atoms with van der Waals surface area (Å²) in [6.07, 6.45) is 5.54. The van der Waals surface area contributed by atoms with E-state index in [9.17, 15) is 0 Å². The van der Waals surface area contributed by atoms with Gasteiger partial charge in [0, 0.05) is 30.3 Å². The molecular formula is C16H22N2. The molecule has 96 valence electrons. The van der Waals surface area contributed by atoms with Crippen LogP contribution in [0.15, 0.2) is 30.3 Å². The van der Waals surface area contributed by atoms with Crippen molar-refractivity contribution in [2.24, 2.45) is 0 Å². The van der Waals surface area contributed by atoms with Crippen molar-refractivity contribution >= 4 is 10.9 Å². The fourth-order valence-electron chi connectivity index (χ4n) is 3.16. The smallest absolute Gasteiger partial charge is 0.0482 e. The van der Waals surface area contributed by atoms with Gasteiger partial charge in [-0.1, -0.05) is 31.0 Å². The van der Waals surface area contributed by atoms with E-state index in [2.05, 4.69) is 47.1 Å². The summed E-state index contributed by atoms with van der Waals surface area (Å²) in [7, 11) is 0. The highest BCUT2D eigenvalue weighted by atomic mass is 15.0. The Kier molecular flexibility index (Phi) is 3.37. The predicted octanol–water partition coefficient (Wildman–Crippen LogP) is 3.48. The minimum atomic E-state index is 0.770. The van der Waals surface area contributed by atoms with Crippen molar-refractivity contribution < 1.29 is 0 Å². The molecule has 0 saturated heterocycles. The predicted molar refractivity (Wildman–Crippen MR) is 76.9 cm³/mol. The Bertz CT molecular complexity index is 521. The van der Waals surface area contributed by atoms with Crippen LogP contribution in [0.25, 0.3) is 10.9 Å². The van der Waals surface area contributed by atoms with Gasteiger partial charge in [0.25, 0.3) is 0 Å². The Morgan fingerprint density at radius 3 is 2.83 bits per heavy atom. The molecule has 0 radical (unpaired) electrons. The second-order valence-corrected chi connectivity index (χ2v) is 5.43. The highest BCUT2D eigenvalue weighted by molar-refractivity contribution is 5.81. The molecule has 3 rings (SSSR count). The molecule has 2 nitrogen and oxygen atoms in total. The fraction of sp³-hybridized carbons (Fsp3) is 0.500. The first-order valence-electron chi connectivity index (χ1n) is 7.13. The molecular weight excluding hydrogens is 220 g/mol. The number of fused-ring (bicyclic) bond motifs is 1. The van der Waals surface area contributed by atoms with Crippen LogP contribution in [0.2, 0.25) is 0 Å². The number of hydrogen-bond donors (Lipinski definition) is 1. The number of aryl methyl sites for hydroxylation is 1. The summed E-state index contributed by atoms with van der Waals surface area (Å²) in [5.41, 5.74) is 2.73. The van der Waals surface area contributed by atoms with E-state index >= 15 is 0 Å². The summed E-state index contributed by atoms with van der Waals surface area (Å²) >= 11 is 0. The third-order valence-electron chi connectivity index (χ3n) is 4.14. The van der Waals surface area contributed by atoms with Gasteiger partial charge in [-0.15, -0.1) is 0 Å². The first kappa shape index (κ1) is 11.8. The molecule has 0 amide bonds. The molecule has 0 spiro atoms. The molecule has 0 bridgehead atoms. The minimum absolute atomic E-state index is 0.770. The van der Waals surface area contributed by atoms with Crippen molar-refractivity contribution in [2.45, 2.75) is 45.2 Å². The molecule has 1 fully saturated rings. The Morgan fingerprint density at radius 2 is 2.00 bits per heavy atom. The summed E-state index contributed by atoms with van der Waals surface area (Å²) in [6, 6.07) is 11.7. The standard InChI is InChI=1S/C16H22N2/c1-13-12-14-6-2-5-9-16(14)18(13)11-10-17-15-7-3-4-8-15/h2,5-6,9,12,15,17H,3-4,7-8,10-11H2,1H3. The third-order valence-corrected chi connectivity index (χ3v) is 4.14. The van der Waals surface area contributed by atoms with Crippen molar-refractivity contribution in [1.29, 1.82) is 0 Å². The van der Waals surface area contributed by atoms with Gasteiger partial charge in [0.05, 0.1) is 0 Å².